The summed E-state index contributed by atoms with van der Waals surface area (Å²) in [6.07, 6.45) is 0.507. The highest BCUT2D eigenvalue weighted by Crippen LogP contribution is 2.29. The van der Waals surface area contributed by atoms with Crippen molar-refractivity contribution in [3.63, 3.8) is 0 Å². The Morgan fingerprint density at radius 1 is 1.23 bits per heavy atom. The number of nitriles is 1. The van der Waals surface area contributed by atoms with Crippen LogP contribution in [0.3, 0.4) is 0 Å². The highest BCUT2D eigenvalue weighted by Gasteiger charge is 2.16. The van der Waals surface area contributed by atoms with Gasteiger partial charge in [0, 0.05) is 18.1 Å². The highest BCUT2D eigenvalue weighted by atomic mass is 19.1. The summed E-state index contributed by atoms with van der Waals surface area (Å²) in [5, 5.41) is 9.41. The molecule has 0 saturated heterocycles. The van der Waals surface area contributed by atoms with Crippen LogP contribution in [0, 0.1) is 24.1 Å². The summed E-state index contributed by atoms with van der Waals surface area (Å²) in [6, 6.07) is 14.0. The third-order valence-electron chi connectivity index (χ3n) is 3.39. The molecule has 22 heavy (non-hydrogen) atoms. The fourth-order valence-corrected chi connectivity index (χ4v) is 2.27. The van der Waals surface area contributed by atoms with Crippen LogP contribution in [0.2, 0.25) is 0 Å². The molecule has 0 radical (unpaired) electrons. The van der Waals surface area contributed by atoms with Crippen LogP contribution in [0.25, 0.3) is 0 Å². The molecule has 0 spiro atoms. The number of halogens is 1. The predicted octanol–water partition coefficient (Wildman–Crippen LogP) is 4.22. The lowest BCUT2D eigenvalue weighted by Crippen LogP contribution is -2.06. The highest BCUT2D eigenvalue weighted by molar-refractivity contribution is 5.41. The van der Waals surface area contributed by atoms with Crippen molar-refractivity contribution in [3.05, 3.63) is 59.4 Å². The molecule has 0 heterocycles. The molecule has 0 fully saturated rings. The van der Waals surface area contributed by atoms with E-state index in [1.165, 1.54) is 12.1 Å². The Morgan fingerprint density at radius 2 is 2.05 bits per heavy atom. The third kappa shape index (κ3) is 3.98. The number of aryl methyl sites for hydroxylation is 1. The van der Waals surface area contributed by atoms with Gasteiger partial charge in [0.25, 0.3) is 0 Å². The Labute approximate surface area is 129 Å². The minimum absolute atomic E-state index is 0.330. The van der Waals surface area contributed by atoms with Crippen molar-refractivity contribution in [2.75, 3.05) is 13.7 Å². The van der Waals surface area contributed by atoms with Crippen LogP contribution in [0.15, 0.2) is 42.5 Å². The zero-order valence-corrected chi connectivity index (χ0v) is 12.7. The third-order valence-corrected chi connectivity index (χ3v) is 3.39. The fourth-order valence-electron chi connectivity index (χ4n) is 2.27. The molecule has 114 valence electrons. The lowest BCUT2D eigenvalue weighted by Gasteiger charge is -2.15. The largest absolute Gasteiger partial charge is 0.496 e. The summed E-state index contributed by atoms with van der Waals surface area (Å²) in [7, 11) is 1.59. The van der Waals surface area contributed by atoms with E-state index in [9.17, 15) is 9.65 Å². The lowest BCUT2D eigenvalue weighted by atomic mass is 9.95. The van der Waals surface area contributed by atoms with E-state index in [1.54, 1.807) is 19.2 Å². The molecule has 2 aromatic rings. The Hall–Kier alpha value is -2.54. The smallest absolute Gasteiger partial charge is 0.126 e. The van der Waals surface area contributed by atoms with Crippen LogP contribution >= 0.6 is 0 Å². The van der Waals surface area contributed by atoms with Gasteiger partial charge in [0.2, 0.25) is 0 Å². The summed E-state index contributed by atoms with van der Waals surface area (Å²) in [4.78, 5) is 0. The number of hydrogen-bond donors (Lipinski definition) is 0. The Kier molecular flexibility index (Phi) is 5.37. The van der Waals surface area contributed by atoms with E-state index in [1.807, 2.05) is 25.1 Å². The van der Waals surface area contributed by atoms with Gasteiger partial charge in [-0.3, -0.25) is 0 Å². The Bertz CT molecular complexity index is 679. The van der Waals surface area contributed by atoms with Crippen LogP contribution in [0.4, 0.5) is 4.39 Å². The van der Waals surface area contributed by atoms with Crippen molar-refractivity contribution in [1.82, 2.24) is 0 Å². The SMILES string of the molecule is COc1ccc(C)cc1C(C#N)CCOc1cccc(F)c1. The number of methoxy groups -OCH3 is 1. The molecule has 2 aromatic carbocycles. The number of ether oxygens (including phenoxy) is 2. The van der Waals surface area contributed by atoms with Crippen molar-refractivity contribution >= 4 is 0 Å². The molecule has 0 N–H and O–H groups in total. The van der Waals surface area contributed by atoms with Crippen molar-refractivity contribution in [1.29, 1.82) is 5.26 Å². The summed E-state index contributed by atoms with van der Waals surface area (Å²) in [6.45, 7) is 2.30. The van der Waals surface area contributed by atoms with Gasteiger partial charge in [0.05, 0.1) is 25.7 Å². The van der Waals surface area contributed by atoms with Crippen molar-refractivity contribution in [3.8, 4) is 17.6 Å². The van der Waals surface area contributed by atoms with Crippen LogP contribution in [-0.2, 0) is 0 Å². The van der Waals surface area contributed by atoms with Gasteiger partial charge in [-0.15, -0.1) is 0 Å². The quantitative estimate of drug-likeness (QED) is 0.802. The second-order valence-corrected chi connectivity index (χ2v) is 5.02. The zero-order chi connectivity index (χ0) is 15.9. The first kappa shape index (κ1) is 15.8. The molecule has 0 amide bonds. The molecule has 0 aliphatic rings. The lowest BCUT2D eigenvalue weighted by molar-refractivity contribution is 0.303. The van der Waals surface area contributed by atoms with Crippen LogP contribution in [-0.4, -0.2) is 13.7 Å². The van der Waals surface area contributed by atoms with E-state index >= 15 is 0 Å². The van der Waals surface area contributed by atoms with Gasteiger partial charge >= 0.3 is 0 Å². The molecule has 0 aliphatic carbocycles. The molecule has 1 atom stereocenters. The molecule has 0 bridgehead atoms. The maximum atomic E-state index is 13.1. The van der Waals surface area contributed by atoms with E-state index in [0.29, 0.717) is 24.5 Å². The first-order valence-corrected chi connectivity index (χ1v) is 7.06. The normalized spacial score (nSPS) is 11.5. The molecule has 3 nitrogen and oxygen atoms in total. The van der Waals surface area contributed by atoms with Gasteiger partial charge in [-0.2, -0.15) is 5.26 Å². The van der Waals surface area contributed by atoms with Gasteiger partial charge in [-0.25, -0.2) is 4.39 Å². The van der Waals surface area contributed by atoms with Crippen LogP contribution < -0.4 is 9.47 Å². The Balaban J connectivity index is 2.04. The molecular formula is C18H18FNO2. The summed E-state index contributed by atoms with van der Waals surface area (Å²) >= 11 is 0. The summed E-state index contributed by atoms with van der Waals surface area (Å²) in [5.41, 5.74) is 1.93. The minimum Gasteiger partial charge on any atom is -0.496 e. The van der Waals surface area contributed by atoms with Crippen molar-refractivity contribution in [2.45, 2.75) is 19.3 Å². The van der Waals surface area contributed by atoms with Gasteiger partial charge in [0.15, 0.2) is 0 Å². The second-order valence-electron chi connectivity index (χ2n) is 5.02. The fraction of sp³-hybridized carbons (Fsp3) is 0.278. The average molecular weight is 299 g/mol. The monoisotopic (exact) mass is 299 g/mol. The van der Waals surface area contributed by atoms with E-state index in [0.717, 1.165) is 11.1 Å². The maximum Gasteiger partial charge on any atom is 0.126 e. The number of benzene rings is 2. The van der Waals surface area contributed by atoms with E-state index in [-0.39, 0.29) is 11.7 Å². The van der Waals surface area contributed by atoms with Gasteiger partial charge in [-0.05, 0) is 25.1 Å². The van der Waals surface area contributed by atoms with Gasteiger partial charge in [-0.1, -0.05) is 23.8 Å². The van der Waals surface area contributed by atoms with Gasteiger partial charge in [0.1, 0.15) is 17.3 Å². The molecule has 0 saturated carbocycles. The first-order chi connectivity index (χ1) is 10.6. The maximum absolute atomic E-state index is 13.1. The molecule has 0 aliphatic heterocycles. The number of nitrogens with zero attached hydrogens (tertiary/aromatic N) is 1. The van der Waals surface area contributed by atoms with E-state index in [4.69, 9.17) is 9.47 Å². The van der Waals surface area contributed by atoms with Crippen LogP contribution in [0.5, 0.6) is 11.5 Å². The first-order valence-electron chi connectivity index (χ1n) is 7.06. The molecule has 1 unspecified atom stereocenters. The summed E-state index contributed by atoms with van der Waals surface area (Å²) in [5.74, 6) is 0.494. The Morgan fingerprint density at radius 3 is 2.73 bits per heavy atom. The standard InChI is InChI=1S/C18H18FNO2/c1-13-6-7-18(21-2)17(10-13)14(12-20)8-9-22-16-5-3-4-15(19)11-16/h3-7,10-11,14H,8-9H2,1-2H3. The molecule has 2 rings (SSSR count). The van der Waals surface area contributed by atoms with Crippen LogP contribution in [0.1, 0.15) is 23.5 Å². The van der Waals surface area contributed by atoms with E-state index < -0.39 is 0 Å². The second kappa shape index (κ2) is 7.46. The molecule has 0 aromatic heterocycles. The predicted molar refractivity (Wildman–Crippen MR) is 82.6 cm³/mol. The van der Waals surface area contributed by atoms with E-state index in [2.05, 4.69) is 6.07 Å². The van der Waals surface area contributed by atoms with Gasteiger partial charge < -0.3 is 9.47 Å². The summed E-state index contributed by atoms with van der Waals surface area (Å²) < 4.78 is 23.9. The number of hydrogen-bond acceptors (Lipinski definition) is 3. The zero-order valence-electron chi connectivity index (χ0n) is 12.7. The average Bonchev–Trinajstić information content (AvgIpc) is 2.52. The van der Waals surface area contributed by atoms with Crippen molar-refractivity contribution < 1.29 is 13.9 Å². The minimum atomic E-state index is -0.338. The molecular weight excluding hydrogens is 281 g/mol. The van der Waals surface area contributed by atoms with Crippen molar-refractivity contribution in [2.24, 2.45) is 0 Å². The molecule has 4 heteroatoms. The topological polar surface area (TPSA) is 42.2 Å². The number of rotatable bonds is 6.